The largest absolute Gasteiger partial charge is 0.457 e. The van der Waals surface area contributed by atoms with Crippen LogP contribution in [-0.2, 0) is 16.0 Å². The van der Waals surface area contributed by atoms with Crippen molar-refractivity contribution in [3.8, 4) is 0 Å². The van der Waals surface area contributed by atoms with Crippen molar-refractivity contribution in [2.75, 3.05) is 0 Å². The predicted octanol–water partition coefficient (Wildman–Crippen LogP) is 4.49. The zero-order valence-electron chi connectivity index (χ0n) is 14.7. The van der Waals surface area contributed by atoms with Crippen molar-refractivity contribution in [3.63, 3.8) is 0 Å². The maximum absolute atomic E-state index is 12.2. The summed E-state index contributed by atoms with van der Waals surface area (Å²) in [4.78, 5) is 24.1. The van der Waals surface area contributed by atoms with Gasteiger partial charge in [0.1, 0.15) is 11.4 Å². The summed E-state index contributed by atoms with van der Waals surface area (Å²) in [5.74, 6) is 0.194. The smallest absolute Gasteiger partial charge is 0.343 e. The fraction of sp³-hybridized carbons (Fsp3) is 0.400. The van der Waals surface area contributed by atoms with Gasteiger partial charge in [0.15, 0.2) is 0 Å². The molecule has 0 spiro atoms. The molecule has 1 heterocycles. The number of aryl methyl sites for hydroxylation is 1. The van der Waals surface area contributed by atoms with Crippen molar-refractivity contribution >= 4 is 22.8 Å². The lowest BCUT2D eigenvalue weighted by Crippen LogP contribution is -2.22. The third-order valence-electron chi connectivity index (χ3n) is 3.50. The molecule has 0 saturated carbocycles. The van der Waals surface area contributed by atoms with E-state index >= 15 is 0 Å². The third-order valence-corrected chi connectivity index (χ3v) is 3.50. The van der Waals surface area contributed by atoms with Crippen molar-refractivity contribution in [2.45, 2.75) is 52.6 Å². The first-order valence-corrected chi connectivity index (χ1v) is 8.27. The van der Waals surface area contributed by atoms with Gasteiger partial charge in [-0.15, -0.1) is 0 Å². The first kappa shape index (κ1) is 18.0. The number of ether oxygens (including phenoxy) is 1. The van der Waals surface area contributed by atoms with Crippen LogP contribution in [0.25, 0.3) is 16.8 Å². The van der Waals surface area contributed by atoms with Crippen molar-refractivity contribution in [1.29, 1.82) is 0 Å². The normalized spacial score (nSPS) is 12.0. The van der Waals surface area contributed by atoms with E-state index in [4.69, 9.17) is 9.15 Å². The van der Waals surface area contributed by atoms with Crippen LogP contribution in [0.5, 0.6) is 0 Å². The van der Waals surface area contributed by atoms with Crippen LogP contribution in [0.3, 0.4) is 0 Å². The Morgan fingerprint density at radius 2 is 1.88 bits per heavy atom. The molecule has 0 N–H and O–H groups in total. The minimum atomic E-state index is -0.544. The molecule has 0 atom stereocenters. The van der Waals surface area contributed by atoms with Crippen LogP contribution < -0.4 is 5.63 Å². The fourth-order valence-corrected chi connectivity index (χ4v) is 2.46. The molecule has 0 radical (unpaired) electrons. The zero-order chi connectivity index (χ0) is 17.7. The molecule has 128 valence electrons. The Morgan fingerprint density at radius 1 is 1.21 bits per heavy atom. The Balaban J connectivity index is 2.47. The molecule has 0 saturated heterocycles. The highest BCUT2D eigenvalue weighted by Crippen LogP contribution is 2.23. The molecule has 4 nitrogen and oxygen atoms in total. The summed E-state index contributed by atoms with van der Waals surface area (Å²) in [5.41, 5.74) is -0.117. The number of hydrogen-bond acceptors (Lipinski definition) is 4. The van der Waals surface area contributed by atoms with E-state index < -0.39 is 11.6 Å². The fourth-order valence-electron chi connectivity index (χ4n) is 2.46. The minimum absolute atomic E-state index is 0.342. The molecule has 24 heavy (non-hydrogen) atoms. The Kier molecular flexibility index (Phi) is 5.60. The van der Waals surface area contributed by atoms with Gasteiger partial charge in [0.2, 0.25) is 0 Å². The molecule has 4 heteroatoms. The van der Waals surface area contributed by atoms with Crippen LogP contribution in [0, 0.1) is 0 Å². The van der Waals surface area contributed by atoms with Crippen molar-refractivity contribution in [2.24, 2.45) is 0 Å². The molecule has 1 aromatic carbocycles. The number of carbonyl (C=O) groups is 1. The van der Waals surface area contributed by atoms with E-state index in [9.17, 15) is 9.59 Å². The van der Waals surface area contributed by atoms with Gasteiger partial charge in [0, 0.05) is 18.1 Å². The summed E-state index contributed by atoms with van der Waals surface area (Å²) in [5, 5.41) is 1.31. The molecule has 0 bridgehead atoms. The second kappa shape index (κ2) is 7.47. The van der Waals surface area contributed by atoms with E-state index in [1.807, 2.05) is 32.9 Å². The van der Waals surface area contributed by atoms with Gasteiger partial charge in [0.25, 0.3) is 0 Å². The molecule has 2 rings (SSSR count). The van der Waals surface area contributed by atoms with Gasteiger partial charge in [-0.25, -0.2) is 9.59 Å². The first-order chi connectivity index (χ1) is 11.3. The number of rotatable bonds is 5. The number of unbranched alkanes of at least 4 members (excludes halogenated alkanes) is 1. The standard InChI is InChI=1S/C20H24O4/c1-5-6-11-17-15(12-13-18(21)24-20(2,3)4)14-9-7-8-10-16(14)19(22)23-17/h7-10,12-13H,5-6,11H2,1-4H3/b13-12+. The predicted molar refractivity (Wildman–Crippen MR) is 96.0 cm³/mol. The average molecular weight is 328 g/mol. The Morgan fingerprint density at radius 3 is 2.50 bits per heavy atom. The van der Waals surface area contributed by atoms with Gasteiger partial charge >= 0.3 is 11.6 Å². The second-order valence-electron chi connectivity index (χ2n) is 6.74. The lowest BCUT2D eigenvalue weighted by Gasteiger charge is -2.18. The van der Waals surface area contributed by atoms with Crippen molar-refractivity contribution in [1.82, 2.24) is 0 Å². The van der Waals surface area contributed by atoms with Crippen LogP contribution in [0.1, 0.15) is 51.9 Å². The highest BCUT2D eigenvalue weighted by Gasteiger charge is 2.15. The summed E-state index contributed by atoms with van der Waals surface area (Å²) in [6.45, 7) is 7.54. The molecule has 0 amide bonds. The molecule has 1 aromatic heterocycles. The lowest BCUT2D eigenvalue weighted by atomic mass is 10.0. The third kappa shape index (κ3) is 4.57. The number of carbonyl (C=O) groups excluding carboxylic acids is 1. The summed E-state index contributed by atoms with van der Waals surface area (Å²) in [6, 6.07) is 7.27. The summed E-state index contributed by atoms with van der Waals surface area (Å²) < 4.78 is 10.8. The van der Waals surface area contributed by atoms with Gasteiger partial charge in [-0.2, -0.15) is 0 Å². The number of fused-ring (bicyclic) bond motifs is 1. The van der Waals surface area contributed by atoms with Gasteiger partial charge in [0.05, 0.1) is 5.39 Å². The zero-order valence-corrected chi connectivity index (χ0v) is 14.7. The van der Waals surface area contributed by atoms with Crippen LogP contribution in [-0.4, -0.2) is 11.6 Å². The molecule has 0 fully saturated rings. The first-order valence-electron chi connectivity index (χ1n) is 8.27. The van der Waals surface area contributed by atoms with Crippen LogP contribution >= 0.6 is 0 Å². The Labute approximate surface area is 142 Å². The van der Waals surface area contributed by atoms with E-state index in [2.05, 4.69) is 6.92 Å². The van der Waals surface area contributed by atoms with Crippen molar-refractivity contribution < 1.29 is 13.9 Å². The molecule has 0 aliphatic rings. The van der Waals surface area contributed by atoms with Gasteiger partial charge in [-0.1, -0.05) is 31.5 Å². The quantitative estimate of drug-likeness (QED) is 0.599. The maximum atomic E-state index is 12.2. The number of benzene rings is 1. The number of esters is 1. The molecule has 0 unspecified atom stereocenters. The van der Waals surface area contributed by atoms with Gasteiger partial charge in [-0.05, 0) is 44.7 Å². The second-order valence-corrected chi connectivity index (χ2v) is 6.74. The minimum Gasteiger partial charge on any atom is -0.457 e. The van der Waals surface area contributed by atoms with E-state index in [1.165, 1.54) is 6.08 Å². The SMILES string of the molecule is CCCCc1oc(=O)c2ccccc2c1/C=C/C(=O)OC(C)(C)C. The topological polar surface area (TPSA) is 56.5 Å². The van der Waals surface area contributed by atoms with E-state index in [0.29, 0.717) is 17.6 Å². The molecule has 0 aliphatic heterocycles. The van der Waals surface area contributed by atoms with E-state index in [1.54, 1.807) is 18.2 Å². The number of hydrogen-bond donors (Lipinski definition) is 0. The Bertz CT molecular complexity index is 806. The monoisotopic (exact) mass is 328 g/mol. The Hall–Kier alpha value is -2.36. The van der Waals surface area contributed by atoms with Gasteiger partial charge in [-0.3, -0.25) is 0 Å². The summed E-state index contributed by atoms with van der Waals surface area (Å²) >= 11 is 0. The van der Waals surface area contributed by atoms with E-state index in [-0.39, 0.29) is 5.63 Å². The van der Waals surface area contributed by atoms with Crippen molar-refractivity contribution in [3.05, 3.63) is 52.1 Å². The summed E-state index contributed by atoms with van der Waals surface area (Å²) in [6.07, 6.45) is 5.64. The van der Waals surface area contributed by atoms with Crippen LogP contribution in [0.4, 0.5) is 0 Å². The highest BCUT2D eigenvalue weighted by molar-refractivity contribution is 5.94. The maximum Gasteiger partial charge on any atom is 0.343 e. The van der Waals surface area contributed by atoms with E-state index in [0.717, 1.165) is 23.8 Å². The molecular formula is C20H24O4. The molecule has 2 aromatic rings. The summed E-state index contributed by atoms with van der Waals surface area (Å²) in [7, 11) is 0. The lowest BCUT2D eigenvalue weighted by molar-refractivity contribution is -0.148. The van der Waals surface area contributed by atoms with Crippen LogP contribution in [0.15, 0.2) is 39.6 Å². The highest BCUT2D eigenvalue weighted by atomic mass is 16.6. The van der Waals surface area contributed by atoms with Crippen LogP contribution in [0.2, 0.25) is 0 Å². The average Bonchev–Trinajstić information content (AvgIpc) is 2.50. The molecular weight excluding hydrogens is 304 g/mol. The van der Waals surface area contributed by atoms with Gasteiger partial charge < -0.3 is 9.15 Å². The molecule has 0 aliphatic carbocycles.